The molecule has 0 saturated heterocycles. The first-order valence-electron chi connectivity index (χ1n) is 6.07. The van der Waals surface area contributed by atoms with E-state index < -0.39 is 12.8 Å². The molecule has 0 heterocycles. The van der Waals surface area contributed by atoms with E-state index in [1.165, 1.54) is 0 Å². The van der Waals surface area contributed by atoms with E-state index in [0.29, 0.717) is 32.5 Å². The number of ether oxygens (including phenoxy) is 1. The number of rotatable bonds is 10. The van der Waals surface area contributed by atoms with E-state index in [1.54, 1.807) is 0 Å². The predicted molar refractivity (Wildman–Crippen MR) is 62.3 cm³/mol. The van der Waals surface area contributed by atoms with Gasteiger partial charge >= 0.3 is 6.18 Å². The fourth-order valence-corrected chi connectivity index (χ4v) is 1.17. The summed E-state index contributed by atoms with van der Waals surface area (Å²) in [4.78, 5) is 11.1. The van der Waals surface area contributed by atoms with E-state index in [0.717, 1.165) is 6.42 Å². The molecule has 7 heteroatoms. The van der Waals surface area contributed by atoms with Gasteiger partial charge in [-0.3, -0.25) is 4.79 Å². The molecule has 18 heavy (non-hydrogen) atoms. The molecule has 0 saturated carbocycles. The van der Waals surface area contributed by atoms with Crippen molar-refractivity contribution in [3.8, 4) is 0 Å². The number of carbonyl (C=O) groups excluding carboxylic acids is 1. The Labute approximate surface area is 105 Å². The second-order valence-corrected chi connectivity index (χ2v) is 3.87. The third-order valence-electron chi connectivity index (χ3n) is 2.01. The summed E-state index contributed by atoms with van der Waals surface area (Å²) in [7, 11) is 0. The first-order chi connectivity index (χ1) is 8.45. The highest BCUT2D eigenvalue weighted by molar-refractivity contribution is 5.75. The average molecular weight is 270 g/mol. The van der Waals surface area contributed by atoms with Crippen molar-refractivity contribution in [3.05, 3.63) is 0 Å². The molecule has 0 aromatic rings. The third kappa shape index (κ3) is 13.2. The van der Waals surface area contributed by atoms with Crippen molar-refractivity contribution in [1.29, 1.82) is 0 Å². The summed E-state index contributed by atoms with van der Waals surface area (Å²) in [5, 5.41) is 5.70. The maximum atomic E-state index is 11.7. The van der Waals surface area contributed by atoms with Gasteiger partial charge in [-0.1, -0.05) is 6.92 Å². The van der Waals surface area contributed by atoms with Gasteiger partial charge in [-0.15, -0.1) is 0 Å². The molecule has 0 radical (unpaired) electrons. The van der Waals surface area contributed by atoms with Crippen molar-refractivity contribution in [2.45, 2.75) is 32.4 Å². The number of hydrogen-bond donors (Lipinski definition) is 2. The number of carbonyl (C=O) groups is 1. The lowest BCUT2D eigenvalue weighted by atomic mass is 10.3. The number of halogens is 3. The minimum absolute atomic E-state index is 0.0160. The van der Waals surface area contributed by atoms with Crippen LogP contribution in [0.2, 0.25) is 0 Å². The molecule has 0 unspecified atom stereocenters. The summed E-state index contributed by atoms with van der Waals surface area (Å²) >= 11 is 0. The zero-order chi connectivity index (χ0) is 13.9. The van der Waals surface area contributed by atoms with Gasteiger partial charge in [-0.25, -0.2) is 0 Å². The van der Waals surface area contributed by atoms with E-state index in [1.807, 2.05) is 6.92 Å². The molecule has 1 amide bonds. The number of alkyl halides is 3. The first kappa shape index (κ1) is 17.2. The topological polar surface area (TPSA) is 50.4 Å². The van der Waals surface area contributed by atoms with Gasteiger partial charge < -0.3 is 15.4 Å². The summed E-state index contributed by atoms with van der Waals surface area (Å²) in [6.07, 6.45) is -2.49. The first-order valence-corrected chi connectivity index (χ1v) is 6.07. The monoisotopic (exact) mass is 270 g/mol. The van der Waals surface area contributed by atoms with E-state index in [9.17, 15) is 18.0 Å². The average Bonchev–Trinajstić information content (AvgIpc) is 2.28. The van der Waals surface area contributed by atoms with Crippen molar-refractivity contribution in [2.24, 2.45) is 0 Å². The van der Waals surface area contributed by atoms with Crippen LogP contribution in [0, 0.1) is 0 Å². The molecular weight excluding hydrogens is 249 g/mol. The van der Waals surface area contributed by atoms with Crippen LogP contribution in [-0.4, -0.2) is 44.9 Å². The molecule has 0 rings (SSSR count). The molecule has 0 aliphatic heterocycles. The van der Waals surface area contributed by atoms with Crippen LogP contribution in [-0.2, 0) is 9.53 Å². The van der Waals surface area contributed by atoms with Crippen LogP contribution in [0.25, 0.3) is 0 Å². The summed E-state index contributed by atoms with van der Waals surface area (Å²) in [5.74, 6) is -0.0160. The highest BCUT2D eigenvalue weighted by Crippen LogP contribution is 2.14. The molecule has 0 aliphatic carbocycles. The number of nitrogens with one attached hydrogen (secondary N) is 2. The predicted octanol–water partition coefficient (Wildman–Crippen LogP) is 1.46. The minimum Gasteiger partial charge on any atom is -0.372 e. The Balaban J connectivity index is 3.19. The van der Waals surface area contributed by atoms with Gasteiger partial charge in [0, 0.05) is 26.1 Å². The molecule has 0 fully saturated rings. The zero-order valence-electron chi connectivity index (χ0n) is 10.6. The Bertz CT molecular complexity index is 223. The zero-order valence-corrected chi connectivity index (χ0v) is 10.6. The largest absolute Gasteiger partial charge is 0.411 e. The Kier molecular flexibility index (Phi) is 9.67. The molecule has 0 aliphatic rings. The second kappa shape index (κ2) is 10.1. The van der Waals surface area contributed by atoms with E-state index in [-0.39, 0.29) is 12.5 Å². The van der Waals surface area contributed by atoms with Crippen LogP contribution in [0.4, 0.5) is 13.2 Å². The minimum atomic E-state index is -4.26. The lowest BCUT2D eigenvalue weighted by molar-refractivity contribution is -0.173. The van der Waals surface area contributed by atoms with Gasteiger partial charge in [0.1, 0.15) is 6.61 Å². The summed E-state index contributed by atoms with van der Waals surface area (Å²) in [6, 6.07) is 0. The normalized spacial score (nSPS) is 11.6. The van der Waals surface area contributed by atoms with Crippen LogP contribution in [0.5, 0.6) is 0 Å². The van der Waals surface area contributed by atoms with Crippen molar-refractivity contribution in [2.75, 3.05) is 32.8 Å². The number of amides is 1. The molecule has 0 aromatic carbocycles. The fraction of sp³-hybridized carbons (Fsp3) is 0.909. The van der Waals surface area contributed by atoms with Crippen LogP contribution >= 0.6 is 0 Å². The van der Waals surface area contributed by atoms with Gasteiger partial charge in [0.2, 0.25) is 5.91 Å². The summed E-state index contributed by atoms with van der Waals surface area (Å²) in [6.45, 7) is 2.57. The molecular formula is C11H21F3N2O2. The van der Waals surface area contributed by atoms with Crippen LogP contribution < -0.4 is 10.6 Å². The Morgan fingerprint density at radius 1 is 1.22 bits per heavy atom. The third-order valence-corrected chi connectivity index (χ3v) is 2.01. The lowest BCUT2D eigenvalue weighted by Gasteiger charge is -2.08. The molecule has 0 atom stereocenters. The smallest absolute Gasteiger partial charge is 0.372 e. The van der Waals surface area contributed by atoms with Crippen LogP contribution in [0.15, 0.2) is 0 Å². The molecule has 0 aromatic heterocycles. The Morgan fingerprint density at radius 2 is 1.94 bits per heavy atom. The van der Waals surface area contributed by atoms with Gasteiger partial charge in [-0.05, 0) is 19.4 Å². The highest BCUT2D eigenvalue weighted by Gasteiger charge is 2.27. The Morgan fingerprint density at radius 3 is 2.56 bits per heavy atom. The SMILES string of the molecule is CCCNC(=O)CCNCCCOCC(F)(F)F. The molecule has 0 spiro atoms. The molecule has 108 valence electrons. The van der Waals surface area contributed by atoms with Crippen LogP contribution in [0.1, 0.15) is 26.2 Å². The van der Waals surface area contributed by atoms with Crippen molar-refractivity contribution in [1.82, 2.24) is 10.6 Å². The Hall–Kier alpha value is -0.820. The fourth-order valence-electron chi connectivity index (χ4n) is 1.17. The van der Waals surface area contributed by atoms with Gasteiger partial charge in [0.15, 0.2) is 0 Å². The standard InChI is InChI=1S/C11H21F3N2O2/c1-2-5-16-10(17)4-7-15-6-3-8-18-9-11(12,13)14/h15H,2-9H2,1H3,(H,16,17). The van der Waals surface area contributed by atoms with Gasteiger partial charge in [0.05, 0.1) is 0 Å². The maximum absolute atomic E-state index is 11.7. The quantitative estimate of drug-likeness (QED) is 0.591. The van der Waals surface area contributed by atoms with Crippen LogP contribution in [0.3, 0.4) is 0 Å². The van der Waals surface area contributed by atoms with Gasteiger partial charge in [0.25, 0.3) is 0 Å². The van der Waals surface area contributed by atoms with E-state index in [2.05, 4.69) is 15.4 Å². The van der Waals surface area contributed by atoms with Crippen molar-refractivity contribution in [3.63, 3.8) is 0 Å². The molecule has 4 nitrogen and oxygen atoms in total. The summed E-state index contributed by atoms with van der Waals surface area (Å²) < 4.78 is 39.5. The molecule has 0 bridgehead atoms. The van der Waals surface area contributed by atoms with Crippen molar-refractivity contribution < 1.29 is 22.7 Å². The summed E-state index contributed by atoms with van der Waals surface area (Å²) in [5.41, 5.74) is 0. The number of hydrogen-bond acceptors (Lipinski definition) is 3. The highest BCUT2D eigenvalue weighted by atomic mass is 19.4. The molecule has 2 N–H and O–H groups in total. The van der Waals surface area contributed by atoms with E-state index in [4.69, 9.17) is 0 Å². The second-order valence-electron chi connectivity index (χ2n) is 3.87. The van der Waals surface area contributed by atoms with E-state index >= 15 is 0 Å². The van der Waals surface area contributed by atoms with Crippen molar-refractivity contribution >= 4 is 5.91 Å². The lowest BCUT2D eigenvalue weighted by Crippen LogP contribution is -2.28. The van der Waals surface area contributed by atoms with Gasteiger partial charge in [-0.2, -0.15) is 13.2 Å². The maximum Gasteiger partial charge on any atom is 0.411 e.